The zero-order valence-electron chi connectivity index (χ0n) is 29.1. The Morgan fingerprint density at radius 3 is 2.12 bits per heavy atom. The molecule has 3 rings (SSSR count). The second-order valence-corrected chi connectivity index (χ2v) is 12.6. The number of aromatic nitrogens is 2. The molecule has 0 fully saturated rings. The number of unbranched alkanes of at least 4 members (excludes halogenated alkanes) is 11. The Labute approximate surface area is 306 Å². The minimum absolute atomic E-state index is 0. The number of hydrogen-bond donors (Lipinski definition) is 2. The topological polar surface area (TPSA) is 124 Å². The van der Waals surface area contributed by atoms with E-state index < -0.39 is 23.5 Å². The molecule has 0 unspecified atom stereocenters. The van der Waals surface area contributed by atoms with Gasteiger partial charge in [-0.2, -0.15) is 0 Å². The number of fused-ring (bicyclic) bond motifs is 1. The minimum Gasteiger partial charge on any atom is -0.550 e. The van der Waals surface area contributed by atoms with E-state index in [0.717, 1.165) is 88.2 Å². The first kappa shape index (κ1) is 41.3. The first-order valence-corrected chi connectivity index (χ1v) is 17.2. The number of nitrogens with zero attached hydrogens (tertiary/aromatic N) is 2. The summed E-state index contributed by atoms with van der Waals surface area (Å²) in [6, 6.07) is 7.74. The largest absolute Gasteiger partial charge is 1.00 e. The van der Waals surface area contributed by atoms with E-state index in [0.29, 0.717) is 35.9 Å². The van der Waals surface area contributed by atoms with Gasteiger partial charge in [0.05, 0.1) is 17.6 Å². The molecule has 0 aliphatic carbocycles. The summed E-state index contributed by atoms with van der Waals surface area (Å²) in [4.78, 5) is 42.0. The number of allylic oxidation sites excluding steroid dienone is 2. The third-order valence-electron chi connectivity index (χ3n) is 8.56. The summed E-state index contributed by atoms with van der Waals surface area (Å²) < 4.78 is 14.9. The summed E-state index contributed by atoms with van der Waals surface area (Å²) in [6.45, 7) is 1.46. The van der Waals surface area contributed by atoms with Crippen molar-refractivity contribution in [2.24, 2.45) is 7.05 Å². The molecular weight excluding hydrogens is 620 g/mol. The number of halogens is 1. The number of carbonyl (C=O) groups is 2. The Bertz CT molecular complexity index is 1520. The quantitative estimate of drug-likeness (QED) is 0.0962. The molecule has 0 aliphatic heterocycles. The number of nitrogens with one attached hydrogen (secondary N) is 1. The van der Waals surface area contributed by atoms with Crippen molar-refractivity contribution >= 4 is 22.9 Å². The number of aliphatic hydroxyl groups is 1. The predicted molar refractivity (Wildman–Crippen MR) is 183 cm³/mol. The Hall–Kier alpha value is -2.85. The van der Waals surface area contributed by atoms with E-state index in [2.05, 4.69) is 17.5 Å². The fourth-order valence-corrected chi connectivity index (χ4v) is 5.83. The standard InChI is InChI=1S/C38H52FN3O5.Na/c1-28(27-43)41-37(46)35-32(18-16-14-12-10-8-6-4-3-5-7-9-11-13-15-17-19-34(44)45)36-33(42(2)38(35)47)25-30(26-40-36)24-29-20-22-31(39)23-21-29;/h3,5,20-23,25-26,28,43H,4,6-19,24,27H2,1-2H3,(H,41,46)(H,44,45);/q;+1/p-1/b5-3-;/t28-;/m0./s1. The summed E-state index contributed by atoms with van der Waals surface area (Å²) in [5.41, 5.74) is 3.42. The van der Waals surface area contributed by atoms with Gasteiger partial charge in [-0.05, 0) is 99.6 Å². The monoisotopic (exact) mass is 671 g/mol. The van der Waals surface area contributed by atoms with Crippen LogP contribution >= 0.6 is 0 Å². The molecular formula is C38H51FN3NaO5. The Kier molecular flexibility index (Phi) is 19.6. The van der Waals surface area contributed by atoms with Crippen molar-refractivity contribution < 1.29 is 53.7 Å². The number of hydrogen-bond acceptors (Lipinski definition) is 6. The maximum Gasteiger partial charge on any atom is 1.00 e. The molecule has 48 heavy (non-hydrogen) atoms. The molecule has 0 bridgehead atoms. The van der Waals surface area contributed by atoms with E-state index in [9.17, 15) is 29.0 Å². The fraction of sp³-hybridized carbons (Fsp3) is 0.526. The van der Waals surface area contributed by atoms with Crippen LogP contribution in [0.2, 0.25) is 0 Å². The number of rotatable bonds is 22. The molecule has 2 heterocycles. The molecule has 10 heteroatoms. The molecule has 1 atom stereocenters. The minimum atomic E-state index is -0.958. The van der Waals surface area contributed by atoms with Crippen LogP contribution in [-0.4, -0.2) is 39.2 Å². The molecule has 8 nitrogen and oxygen atoms in total. The molecule has 0 aliphatic rings. The summed E-state index contributed by atoms with van der Waals surface area (Å²) in [5.74, 6) is -1.75. The summed E-state index contributed by atoms with van der Waals surface area (Å²) in [7, 11) is 1.64. The average molecular weight is 672 g/mol. The molecule has 1 amide bonds. The van der Waals surface area contributed by atoms with Crippen molar-refractivity contribution in [3.05, 3.63) is 87.1 Å². The van der Waals surface area contributed by atoms with Crippen molar-refractivity contribution in [3.63, 3.8) is 0 Å². The van der Waals surface area contributed by atoms with E-state index in [1.165, 1.54) is 16.7 Å². The van der Waals surface area contributed by atoms with Crippen LogP contribution in [-0.2, 0) is 24.7 Å². The molecule has 2 aromatic heterocycles. The second-order valence-electron chi connectivity index (χ2n) is 12.6. The van der Waals surface area contributed by atoms with Crippen LogP contribution in [0.3, 0.4) is 0 Å². The number of aliphatic hydroxyl groups excluding tert-OH is 1. The van der Waals surface area contributed by atoms with Gasteiger partial charge in [0.15, 0.2) is 0 Å². The molecule has 256 valence electrons. The van der Waals surface area contributed by atoms with E-state index in [4.69, 9.17) is 4.98 Å². The van der Waals surface area contributed by atoms with Gasteiger partial charge >= 0.3 is 29.6 Å². The Balaban J connectivity index is 0.00000800. The van der Waals surface area contributed by atoms with Crippen molar-refractivity contribution in [2.45, 2.75) is 116 Å². The average Bonchev–Trinajstić information content (AvgIpc) is 3.05. The van der Waals surface area contributed by atoms with E-state index >= 15 is 0 Å². The van der Waals surface area contributed by atoms with Crippen LogP contribution in [0.4, 0.5) is 4.39 Å². The van der Waals surface area contributed by atoms with Gasteiger partial charge in [-0.25, -0.2) is 4.39 Å². The number of carbonyl (C=O) groups excluding carboxylic acids is 2. The molecule has 0 saturated heterocycles. The third kappa shape index (κ3) is 13.9. The molecule has 3 aromatic rings. The number of benzene rings is 1. The number of pyridine rings is 2. The first-order chi connectivity index (χ1) is 22.7. The van der Waals surface area contributed by atoms with E-state index in [1.807, 2.05) is 6.07 Å². The number of carboxylic acids is 1. The molecule has 0 saturated carbocycles. The second kappa shape index (κ2) is 22.7. The molecule has 0 spiro atoms. The van der Waals surface area contributed by atoms with Crippen LogP contribution in [0, 0.1) is 5.82 Å². The van der Waals surface area contributed by atoms with Crippen LogP contribution in [0.15, 0.2) is 53.5 Å². The maximum atomic E-state index is 13.6. The summed E-state index contributed by atoms with van der Waals surface area (Å²) >= 11 is 0. The normalized spacial score (nSPS) is 11.9. The van der Waals surface area contributed by atoms with Gasteiger partial charge in [-0.3, -0.25) is 14.6 Å². The zero-order chi connectivity index (χ0) is 34.0. The van der Waals surface area contributed by atoms with Gasteiger partial charge in [-0.15, -0.1) is 0 Å². The number of aryl methyl sites for hydroxylation is 2. The van der Waals surface area contributed by atoms with Crippen LogP contribution in [0.25, 0.3) is 11.0 Å². The summed E-state index contributed by atoms with van der Waals surface area (Å²) in [6.07, 6.45) is 21.0. The van der Waals surface area contributed by atoms with Gasteiger partial charge in [0.25, 0.3) is 11.5 Å². The van der Waals surface area contributed by atoms with Gasteiger partial charge in [0.2, 0.25) is 0 Å². The van der Waals surface area contributed by atoms with Crippen LogP contribution < -0.4 is 45.5 Å². The number of aliphatic carboxylic acids is 1. The molecule has 0 radical (unpaired) electrons. The van der Waals surface area contributed by atoms with Gasteiger partial charge < -0.3 is 24.9 Å². The third-order valence-corrected chi connectivity index (χ3v) is 8.56. The van der Waals surface area contributed by atoms with Crippen LogP contribution in [0.5, 0.6) is 0 Å². The van der Waals surface area contributed by atoms with Crippen LogP contribution in [0.1, 0.15) is 124 Å². The van der Waals surface area contributed by atoms with Crippen molar-refractivity contribution in [2.75, 3.05) is 6.61 Å². The first-order valence-electron chi connectivity index (χ1n) is 17.2. The van der Waals surface area contributed by atoms with Gasteiger partial charge in [-0.1, -0.05) is 69.2 Å². The van der Waals surface area contributed by atoms with Crippen molar-refractivity contribution in [1.82, 2.24) is 14.9 Å². The van der Waals surface area contributed by atoms with Crippen molar-refractivity contribution in [1.29, 1.82) is 0 Å². The van der Waals surface area contributed by atoms with E-state index in [1.54, 1.807) is 32.3 Å². The van der Waals surface area contributed by atoms with Gasteiger partial charge in [0.1, 0.15) is 11.4 Å². The smallest absolute Gasteiger partial charge is 0.550 e. The summed E-state index contributed by atoms with van der Waals surface area (Å²) in [5, 5.41) is 22.7. The number of amides is 1. The fourth-order valence-electron chi connectivity index (χ4n) is 5.83. The van der Waals surface area contributed by atoms with Crippen molar-refractivity contribution in [3.8, 4) is 0 Å². The SMILES string of the molecule is C[C@@H](CO)NC(=O)c1c(CCCCCCCC/C=C\CCCCCCCC(=O)[O-])c2ncc(Cc3ccc(F)cc3)cc2n(C)c1=O.[Na+]. The number of carboxylic acid groups (broad SMARTS) is 1. The van der Waals surface area contributed by atoms with Gasteiger partial charge in [0, 0.05) is 25.3 Å². The Morgan fingerprint density at radius 1 is 0.938 bits per heavy atom. The molecule has 1 aromatic carbocycles. The zero-order valence-corrected chi connectivity index (χ0v) is 31.1. The van der Waals surface area contributed by atoms with E-state index in [-0.39, 0.29) is 54.0 Å². The Morgan fingerprint density at radius 2 is 1.52 bits per heavy atom. The molecule has 2 N–H and O–H groups in total. The predicted octanol–water partition coefficient (Wildman–Crippen LogP) is 3.09. The maximum absolute atomic E-state index is 13.6.